The SMILES string of the molecule is O=C(Cc1cc2nc(-c3cncc(NC4CCNCC4)c3)ccc2cn1)C1CCCCC1. The van der Waals surface area contributed by atoms with Crippen molar-refractivity contribution in [2.24, 2.45) is 5.92 Å². The Kier molecular flexibility index (Phi) is 6.39. The summed E-state index contributed by atoms with van der Waals surface area (Å²) in [6.07, 6.45) is 13.9. The summed E-state index contributed by atoms with van der Waals surface area (Å²) in [5, 5.41) is 8.00. The van der Waals surface area contributed by atoms with E-state index in [1.165, 1.54) is 19.3 Å². The van der Waals surface area contributed by atoms with E-state index in [1.54, 1.807) is 0 Å². The van der Waals surface area contributed by atoms with Crippen molar-refractivity contribution in [3.63, 3.8) is 0 Å². The Morgan fingerprint density at radius 2 is 1.84 bits per heavy atom. The van der Waals surface area contributed by atoms with Crippen LogP contribution in [0.3, 0.4) is 0 Å². The summed E-state index contributed by atoms with van der Waals surface area (Å²) < 4.78 is 0. The molecule has 166 valence electrons. The Bertz CT molecular complexity index is 1090. The number of Topliss-reactive ketones (excluding diaryl/α,β-unsaturated/α-hetero) is 1. The minimum atomic E-state index is 0.210. The van der Waals surface area contributed by atoms with E-state index in [4.69, 9.17) is 4.98 Å². The third-order valence-electron chi connectivity index (χ3n) is 6.79. The maximum absolute atomic E-state index is 12.7. The van der Waals surface area contributed by atoms with Gasteiger partial charge in [0.1, 0.15) is 5.78 Å². The van der Waals surface area contributed by atoms with E-state index in [9.17, 15) is 4.79 Å². The van der Waals surface area contributed by atoms with Gasteiger partial charge in [-0.25, -0.2) is 4.98 Å². The summed E-state index contributed by atoms with van der Waals surface area (Å²) in [4.78, 5) is 26.6. The van der Waals surface area contributed by atoms with Gasteiger partial charge in [-0.1, -0.05) is 19.3 Å². The molecule has 0 atom stereocenters. The highest BCUT2D eigenvalue weighted by Gasteiger charge is 2.21. The molecule has 1 saturated carbocycles. The van der Waals surface area contributed by atoms with Gasteiger partial charge in [0.2, 0.25) is 0 Å². The number of piperidine rings is 1. The van der Waals surface area contributed by atoms with Crippen molar-refractivity contribution in [2.75, 3.05) is 18.4 Å². The van der Waals surface area contributed by atoms with Crippen LogP contribution in [0.2, 0.25) is 0 Å². The number of carbonyl (C=O) groups excluding carboxylic acids is 1. The first-order valence-electron chi connectivity index (χ1n) is 12.0. The molecule has 2 aliphatic rings. The topological polar surface area (TPSA) is 79.8 Å². The Morgan fingerprint density at radius 1 is 1.00 bits per heavy atom. The Morgan fingerprint density at radius 3 is 2.69 bits per heavy atom. The fourth-order valence-electron chi connectivity index (χ4n) is 4.92. The van der Waals surface area contributed by atoms with Crippen molar-refractivity contribution in [3.8, 4) is 11.3 Å². The first-order chi connectivity index (χ1) is 15.7. The summed E-state index contributed by atoms with van der Waals surface area (Å²) in [5.41, 5.74) is 4.60. The number of hydrogen-bond acceptors (Lipinski definition) is 6. The Balaban J connectivity index is 1.34. The van der Waals surface area contributed by atoms with E-state index in [-0.39, 0.29) is 5.92 Å². The second kappa shape index (κ2) is 9.74. The van der Waals surface area contributed by atoms with Crippen LogP contribution in [-0.4, -0.2) is 39.9 Å². The average Bonchev–Trinajstić information content (AvgIpc) is 2.85. The van der Waals surface area contributed by atoms with Gasteiger partial charge in [0.05, 0.1) is 16.9 Å². The summed E-state index contributed by atoms with van der Waals surface area (Å²) in [7, 11) is 0. The van der Waals surface area contributed by atoms with Crippen LogP contribution in [0.25, 0.3) is 22.2 Å². The molecule has 3 aromatic rings. The van der Waals surface area contributed by atoms with E-state index >= 15 is 0 Å². The van der Waals surface area contributed by atoms with Crippen molar-refractivity contribution in [2.45, 2.75) is 57.4 Å². The van der Waals surface area contributed by atoms with Gasteiger partial charge in [0.15, 0.2) is 0 Å². The van der Waals surface area contributed by atoms with E-state index in [1.807, 2.05) is 36.8 Å². The number of fused-ring (bicyclic) bond motifs is 1. The molecule has 1 aliphatic heterocycles. The standard InChI is InChI=1S/C26H31N5O/c32-26(18-4-2-1-3-5-18)14-22-13-25-19(16-29-22)6-7-24(31-25)20-12-23(17-28-15-20)30-21-8-10-27-11-9-21/h6-7,12-13,15-18,21,27,30H,1-5,8-11,14H2. The molecule has 5 rings (SSSR count). The van der Waals surface area contributed by atoms with Crippen LogP contribution in [0.15, 0.2) is 42.9 Å². The second-order valence-electron chi connectivity index (χ2n) is 9.17. The molecule has 2 N–H and O–H groups in total. The summed E-state index contributed by atoms with van der Waals surface area (Å²) in [5.74, 6) is 0.537. The lowest BCUT2D eigenvalue weighted by molar-refractivity contribution is -0.123. The van der Waals surface area contributed by atoms with Crippen molar-refractivity contribution >= 4 is 22.4 Å². The van der Waals surface area contributed by atoms with Gasteiger partial charge in [-0.2, -0.15) is 0 Å². The number of nitrogens with zero attached hydrogens (tertiary/aromatic N) is 3. The van der Waals surface area contributed by atoms with Crippen molar-refractivity contribution < 1.29 is 4.79 Å². The second-order valence-corrected chi connectivity index (χ2v) is 9.17. The highest BCUT2D eigenvalue weighted by atomic mass is 16.1. The molecule has 0 unspecified atom stereocenters. The molecule has 0 bridgehead atoms. The van der Waals surface area contributed by atoms with Gasteiger partial charge in [-0.15, -0.1) is 0 Å². The molecule has 0 aromatic carbocycles. The zero-order chi connectivity index (χ0) is 21.8. The largest absolute Gasteiger partial charge is 0.381 e. The van der Waals surface area contributed by atoms with E-state index in [0.717, 1.165) is 72.3 Å². The molecule has 1 saturated heterocycles. The first-order valence-corrected chi connectivity index (χ1v) is 12.0. The number of pyridine rings is 3. The van der Waals surface area contributed by atoms with Crippen LogP contribution in [0.1, 0.15) is 50.6 Å². The monoisotopic (exact) mass is 429 g/mol. The van der Waals surface area contributed by atoms with Crippen LogP contribution in [0, 0.1) is 5.92 Å². The lowest BCUT2D eigenvalue weighted by Crippen LogP contribution is -2.35. The number of aromatic nitrogens is 3. The van der Waals surface area contributed by atoms with Crippen LogP contribution >= 0.6 is 0 Å². The van der Waals surface area contributed by atoms with Gasteiger partial charge < -0.3 is 10.6 Å². The van der Waals surface area contributed by atoms with Gasteiger partial charge in [-0.05, 0) is 63.0 Å². The molecule has 32 heavy (non-hydrogen) atoms. The minimum Gasteiger partial charge on any atom is -0.381 e. The Hall–Kier alpha value is -2.86. The number of carbonyl (C=O) groups is 1. The van der Waals surface area contributed by atoms with E-state index < -0.39 is 0 Å². The van der Waals surface area contributed by atoms with E-state index in [2.05, 4.69) is 26.7 Å². The summed E-state index contributed by atoms with van der Waals surface area (Å²) >= 11 is 0. The van der Waals surface area contributed by atoms with Crippen LogP contribution in [0.5, 0.6) is 0 Å². The van der Waals surface area contributed by atoms with Crippen molar-refractivity contribution in [1.82, 2.24) is 20.3 Å². The highest BCUT2D eigenvalue weighted by molar-refractivity contribution is 5.85. The number of nitrogens with one attached hydrogen (secondary N) is 2. The normalized spacial score (nSPS) is 18.0. The highest BCUT2D eigenvalue weighted by Crippen LogP contribution is 2.27. The van der Waals surface area contributed by atoms with E-state index in [0.29, 0.717) is 18.2 Å². The van der Waals surface area contributed by atoms with Gasteiger partial charge >= 0.3 is 0 Å². The predicted molar refractivity (Wildman–Crippen MR) is 128 cm³/mol. The molecule has 6 heteroatoms. The predicted octanol–water partition coefficient (Wildman–Crippen LogP) is 4.55. The lowest BCUT2D eigenvalue weighted by Gasteiger charge is -2.24. The number of rotatable bonds is 6. The molecule has 2 fully saturated rings. The zero-order valence-corrected chi connectivity index (χ0v) is 18.5. The lowest BCUT2D eigenvalue weighted by atomic mass is 9.85. The summed E-state index contributed by atoms with van der Waals surface area (Å²) in [6.45, 7) is 2.10. The van der Waals surface area contributed by atoms with Gasteiger partial charge in [0, 0.05) is 53.6 Å². The quantitative estimate of drug-likeness (QED) is 0.599. The maximum Gasteiger partial charge on any atom is 0.141 e. The molecular weight excluding hydrogens is 398 g/mol. The zero-order valence-electron chi connectivity index (χ0n) is 18.5. The number of anilines is 1. The molecule has 3 aromatic heterocycles. The van der Waals surface area contributed by atoms with Crippen LogP contribution < -0.4 is 10.6 Å². The number of ketones is 1. The number of hydrogen-bond donors (Lipinski definition) is 2. The van der Waals surface area contributed by atoms with Crippen LogP contribution in [-0.2, 0) is 11.2 Å². The van der Waals surface area contributed by atoms with Crippen LogP contribution in [0.4, 0.5) is 5.69 Å². The van der Waals surface area contributed by atoms with Crippen molar-refractivity contribution in [1.29, 1.82) is 0 Å². The molecular formula is C26H31N5O. The minimum absolute atomic E-state index is 0.210. The Labute approximate surface area is 189 Å². The first kappa shape index (κ1) is 21.0. The molecule has 0 amide bonds. The maximum atomic E-state index is 12.7. The third-order valence-corrected chi connectivity index (χ3v) is 6.79. The van der Waals surface area contributed by atoms with Gasteiger partial charge in [-0.3, -0.25) is 14.8 Å². The molecule has 4 heterocycles. The fourth-order valence-corrected chi connectivity index (χ4v) is 4.92. The van der Waals surface area contributed by atoms with Crippen molar-refractivity contribution in [3.05, 3.63) is 48.5 Å². The summed E-state index contributed by atoms with van der Waals surface area (Å²) in [6, 6.07) is 8.64. The molecule has 0 radical (unpaired) electrons. The van der Waals surface area contributed by atoms with Gasteiger partial charge in [0.25, 0.3) is 0 Å². The fraction of sp³-hybridized carbons (Fsp3) is 0.462. The molecule has 1 aliphatic carbocycles. The third kappa shape index (κ3) is 4.96. The smallest absolute Gasteiger partial charge is 0.141 e. The molecule has 0 spiro atoms. The average molecular weight is 430 g/mol. The molecule has 6 nitrogen and oxygen atoms in total.